The van der Waals surface area contributed by atoms with Crippen LogP contribution in [0.5, 0.6) is 5.75 Å². The number of hydrogen-bond donors (Lipinski definition) is 2. The zero-order valence-electron chi connectivity index (χ0n) is 18.3. The summed E-state index contributed by atoms with van der Waals surface area (Å²) in [5.74, 6) is -2.21. The first kappa shape index (κ1) is 23.7. The van der Waals surface area contributed by atoms with Gasteiger partial charge in [0.2, 0.25) is 5.82 Å². The molecule has 0 saturated heterocycles. The normalized spacial score (nSPS) is 11.4. The molecule has 0 spiro atoms. The van der Waals surface area contributed by atoms with E-state index in [2.05, 4.69) is 25.8 Å². The number of benzene rings is 2. The summed E-state index contributed by atoms with van der Waals surface area (Å²) in [6.07, 6.45) is -4.70. The average Bonchev–Trinajstić information content (AvgIpc) is 3.47. The average molecular weight is 488 g/mol. The number of carbonyl (C=O) groups is 2. The van der Waals surface area contributed by atoms with Crippen molar-refractivity contribution in [3.63, 3.8) is 0 Å². The number of ether oxygens (including phenoxy) is 1. The van der Waals surface area contributed by atoms with Gasteiger partial charge in [-0.05, 0) is 30.3 Å². The highest BCUT2D eigenvalue weighted by molar-refractivity contribution is 5.94. The van der Waals surface area contributed by atoms with Crippen LogP contribution in [0, 0.1) is 0 Å². The van der Waals surface area contributed by atoms with Crippen LogP contribution in [0.1, 0.15) is 32.7 Å². The van der Waals surface area contributed by atoms with Crippen LogP contribution in [0.3, 0.4) is 0 Å². The van der Waals surface area contributed by atoms with Crippen LogP contribution in [0.25, 0.3) is 11.0 Å². The summed E-state index contributed by atoms with van der Waals surface area (Å²) < 4.78 is 51.2. The predicted octanol–water partition coefficient (Wildman–Crippen LogP) is 2.65. The maximum Gasteiger partial charge on any atom is 0.449 e. The lowest BCUT2D eigenvalue weighted by atomic mass is 10.2. The van der Waals surface area contributed by atoms with E-state index in [1.165, 1.54) is 19.2 Å². The third-order valence-corrected chi connectivity index (χ3v) is 4.90. The molecule has 0 aliphatic rings. The number of rotatable bonds is 8. The van der Waals surface area contributed by atoms with E-state index in [9.17, 15) is 22.8 Å². The lowest BCUT2D eigenvalue weighted by Crippen LogP contribution is -2.34. The van der Waals surface area contributed by atoms with Gasteiger partial charge >= 0.3 is 18.0 Å². The number of hydrogen-bond acceptors (Lipinski definition) is 7. The van der Waals surface area contributed by atoms with Gasteiger partial charge in [0.15, 0.2) is 5.82 Å². The first-order valence-corrected chi connectivity index (χ1v) is 10.3. The first-order valence-electron chi connectivity index (χ1n) is 10.3. The van der Waals surface area contributed by atoms with E-state index in [0.717, 1.165) is 4.57 Å². The topological polar surface area (TPSA) is 124 Å². The largest absolute Gasteiger partial charge is 0.497 e. The molecule has 13 heteroatoms. The molecule has 2 aromatic heterocycles. The number of methoxy groups -OCH3 is 1. The molecular weight excluding hydrogens is 469 g/mol. The fourth-order valence-electron chi connectivity index (χ4n) is 3.30. The van der Waals surface area contributed by atoms with Crippen molar-refractivity contribution in [2.45, 2.75) is 12.7 Å². The minimum atomic E-state index is -4.70. The van der Waals surface area contributed by atoms with E-state index >= 15 is 0 Å². The van der Waals surface area contributed by atoms with Gasteiger partial charge in [-0.2, -0.15) is 18.2 Å². The molecule has 0 fully saturated rings. The summed E-state index contributed by atoms with van der Waals surface area (Å²) in [7, 11) is 1.49. The predicted molar refractivity (Wildman–Crippen MR) is 116 cm³/mol. The van der Waals surface area contributed by atoms with Crippen molar-refractivity contribution in [2.75, 3.05) is 20.2 Å². The fourth-order valence-corrected chi connectivity index (χ4v) is 3.30. The highest BCUT2D eigenvalue weighted by Gasteiger charge is 2.38. The van der Waals surface area contributed by atoms with E-state index in [0.29, 0.717) is 11.3 Å². The Morgan fingerprint density at radius 3 is 2.51 bits per heavy atom. The molecule has 0 aliphatic carbocycles. The Morgan fingerprint density at radius 1 is 1.03 bits per heavy atom. The number of para-hydroxylation sites is 2. The lowest BCUT2D eigenvalue weighted by Gasteiger charge is -2.09. The Labute approximate surface area is 196 Å². The van der Waals surface area contributed by atoms with Gasteiger partial charge in [-0.15, -0.1) is 0 Å². The second kappa shape index (κ2) is 9.83. The van der Waals surface area contributed by atoms with Crippen LogP contribution in [-0.4, -0.2) is 51.7 Å². The quantitative estimate of drug-likeness (QED) is 0.366. The molecule has 0 atom stereocenters. The monoisotopic (exact) mass is 488 g/mol. The third-order valence-electron chi connectivity index (χ3n) is 4.90. The first-order chi connectivity index (χ1) is 16.8. The number of aromatic nitrogens is 4. The molecular formula is C22H19F3N6O4. The van der Waals surface area contributed by atoms with E-state index in [1.807, 2.05) is 0 Å². The molecule has 2 N–H and O–H groups in total. The Morgan fingerprint density at radius 2 is 1.77 bits per heavy atom. The third kappa shape index (κ3) is 5.39. The highest BCUT2D eigenvalue weighted by Crippen LogP contribution is 2.31. The molecule has 10 nitrogen and oxygen atoms in total. The maximum atomic E-state index is 13.5. The minimum absolute atomic E-state index is 0.0522. The van der Waals surface area contributed by atoms with Crippen molar-refractivity contribution in [3.05, 3.63) is 71.6 Å². The Kier molecular flexibility index (Phi) is 6.66. The molecule has 35 heavy (non-hydrogen) atoms. The summed E-state index contributed by atoms with van der Waals surface area (Å²) in [6, 6.07) is 12.7. The number of halogens is 3. The minimum Gasteiger partial charge on any atom is -0.497 e. The number of imidazole rings is 1. The van der Waals surface area contributed by atoms with Crippen LogP contribution in [-0.2, 0) is 12.7 Å². The zero-order valence-corrected chi connectivity index (χ0v) is 18.3. The van der Waals surface area contributed by atoms with Crippen LogP contribution < -0.4 is 15.4 Å². The van der Waals surface area contributed by atoms with E-state index < -0.39 is 30.3 Å². The van der Waals surface area contributed by atoms with Crippen molar-refractivity contribution in [1.82, 2.24) is 30.3 Å². The smallest absolute Gasteiger partial charge is 0.449 e. The highest BCUT2D eigenvalue weighted by atomic mass is 19.4. The van der Waals surface area contributed by atoms with Crippen molar-refractivity contribution < 1.29 is 32.0 Å². The molecule has 0 unspecified atom stereocenters. The summed E-state index contributed by atoms with van der Waals surface area (Å²) in [4.78, 5) is 32.0. The molecule has 0 radical (unpaired) electrons. The van der Waals surface area contributed by atoms with Gasteiger partial charge in [0, 0.05) is 18.7 Å². The summed E-state index contributed by atoms with van der Waals surface area (Å²) in [6.45, 7) is -0.238. The number of alkyl halides is 3. The maximum absolute atomic E-state index is 13.5. The molecule has 0 bridgehead atoms. The number of amides is 2. The second-order valence-electron chi connectivity index (χ2n) is 7.27. The van der Waals surface area contributed by atoms with Crippen molar-refractivity contribution in [2.24, 2.45) is 0 Å². The van der Waals surface area contributed by atoms with Gasteiger partial charge in [-0.25, -0.2) is 4.98 Å². The number of nitrogens with zero attached hydrogens (tertiary/aromatic N) is 4. The summed E-state index contributed by atoms with van der Waals surface area (Å²) in [5.41, 5.74) is 0.794. The Balaban J connectivity index is 1.35. The molecule has 0 aliphatic heterocycles. The molecule has 4 rings (SSSR count). The van der Waals surface area contributed by atoms with Gasteiger partial charge in [0.1, 0.15) is 5.75 Å². The van der Waals surface area contributed by atoms with Crippen molar-refractivity contribution in [3.8, 4) is 5.75 Å². The fraction of sp³-hybridized carbons (Fsp3) is 0.227. The van der Waals surface area contributed by atoms with Gasteiger partial charge in [-0.1, -0.05) is 23.4 Å². The van der Waals surface area contributed by atoms with Crippen LogP contribution in [0.2, 0.25) is 0 Å². The van der Waals surface area contributed by atoms with Gasteiger partial charge in [0.05, 0.1) is 24.7 Å². The molecule has 2 aromatic carbocycles. The van der Waals surface area contributed by atoms with Crippen molar-refractivity contribution in [1.29, 1.82) is 0 Å². The van der Waals surface area contributed by atoms with E-state index in [4.69, 9.17) is 9.26 Å². The molecule has 0 saturated carbocycles. The number of nitrogens with one attached hydrogen (secondary N) is 2. The lowest BCUT2D eigenvalue weighted by molar-refractivity contribution is -0.146. The Bertz CT molecular complexity index is 1360. The van der Waals surface area contributed by atoms with Gasteiger partial charge in [0.25, 0.3) is 5.91 Å². The zero-order chi connectivity index (χ0) is 25.0. The molecule has 2 heterocycles. The standard InChI is InChI=1S/C22H19F3N6O4/c1-34-14-6-4-5-13(11-14)18(32)26-9-10-27-19(33)20-29-17(30-35-20)12-31-16-8-3-2-7-15(16)28-21(31)22(23,24)25/h2-8,11H,9-10,12H2,1H3,(H,26,32)(H,27,33). The van der Waals surface area contributed by atoms with E-state index in [1.54, 1.807) is 36.4 Å². The SMILES string of the molecule is COc1cccc(C(=O)NCCNC(=O)c2nc(Cn3c(C(F)(F)F)nc4ccccc43)no2)c1. The number of fused-ring (bicyclic) bond motifs is 1. The number of carbonyl (C=O) groups excluding carboxylic acids is 2. The van der Waals surface area contributed by atoms with Crippen molar-refractivity contribution >= 4 is 22.8 Å². The second-order valence-corrected chi connectivity index (χ2v) is 7.27. The summed E-state index contributed by atoms with van der Waals surface area (Å²) in [5, 5.41) is 8.74. The Hall–Kier alpha value is -4.42. The van der Waals surface area contributed by atoms with Crippen LogP contribution in [0.4, 0.5) is 13.2 Å². The van der Waals surface area contributed by atoms with Gasteiger partial charge in [-0.3, -0.25) is 9.59 Å². The molecule has 2 amide bonds. The van der Waals surface area contributed by atoms with Gasteiger partial charge < -0.3 is 24.5 Å². The summed E-state index contributed by atoms with van der Waals surface area (Å²) >= 11 is 0. The van der Waals surface area contributed by atoms with E-state index in [-0.39, 0.29) is 35.9 Å². The van der Waals surface area contributed by atoms with Crippen LogP contribution >= 0.6 is 0 Å². The van der Waals surface area contributed by atoms with Crippen LogP contribution in [0.15, 0.2) is 53.1 Å². The molecule has 4 aromatic rings. The molecule has 182 valence electrons.